The highest BCUT2D eigenvalue weighted by Crippen LogP contribution is 2.46. The molecule has 4 unspecified atom stereocenters. The van der Waals surface area contributed by atoms with Gasteiger partial charge in [0.05, 0.1) is 0 Å². The van der Waals surface area contributed by atoms with Crippen LogP contribution >= 0.6 is 0 Å². The van der Waals surface area contributed by atoms with Gasteiger partial charge in [-0.15, -0.1) is 0 Å². The molecule has 0 aromatic heterocycles. The van der Waals surface area contributed by atoms with Gasteiger partial charge in [0.1, 0.15) is 12.1 Å². The molecule has 4 atom stereocenters. The van der Waals surface area contributed by atoms with Gasteiger partial charge in [-0.1, -0.05) is 27.7 Å². The number of nitrogens with two attached hydrogens (primary N) is 1. The summed E-state index contributed by atoms with van der Waals surface area (Å²) in [4.78, 5) is 41.6. The summed E-state index contributed by atoms with van der Waals surface area (Å²) in [6.45, 7) is 9.42. The minimum absolute atomic E-state index is 0.00962. The summed E-state index contributed by atoms with van der Waals surface area (Å²) < 4.78 is 0. The molecule has 1 saturated carbocycles. The molecule has 3 fully saturated rings. The Bertz CT molecular complexity index is 635. The highest BCUT2D eigenvalue weighted by atomic mass is 16.2. The van der Waals surface area contributed by atoms with Gasteiger partial charge in [0.15, 0.2) is 0 Å². The van der Waals surface area contributed by atoms with E-state index in [9.17, 15) is 14.4 Å². The number of likely N-dealkylation sites (tertiary alicyclic amines) is 1. The van der Waals surface area contributed by atoms with Crippen molar-refractivity contribution < 1.29 is 14.4 Å². The third kappa shape index (κ3) is 3.84. The summed E-state index contributed by atoms with van der Waals surface area (Å²) in [5, 5.41) is 2.94. The smallest absolute Gasteiger partial charge is 0.325 e. The van der Waals surface area contributed by atoms with Crippen molar-refractivity contribution in [3.8, 4) is 0 Å². The lowest BCUT2D eigenvalue weighted by Crippen LogP contribution is -2.55. The molecule has 3 rings (SSSR count). The van der Waals surface area contributed by atoms with Gasteiger partial charge in [-0.3, -0.25) is 14.5 Å². The summed E-state index contributed by atoms with van der Waals surface area (Å²) in [6, 6.07) is -0.447. The predicted octanol–water partition coefficient (Wildman–Crippen LogP) is 1.71. The molecule has 1 spiro atoms. The first-order valence-corrected chi connectivity index (χ1v) is 10.2. The van der Waals surface area contributed by atoms with Crippen LogP contribution in [0.5, 0.6) is 0 Å². The van der Waals surface area contributed by atoms with Crippen LogP contribution in [-0.2, 0) is 9.59 Å². The van der Waals surface area contributed by atoms with Crippen molar-refractivity contribution in [2.24, 2.45) is 23.0 Å². The second-order valence-electron chi connectivity index (χ2n) is 9.86. The first-order chi connectivity index (χ1) is 12.6. The van der Waals surface area contributed by atoms with Crippen LogP contribution in [0.2, 0.25) is 0 Å². The number of urea groups is 1. The zero-order valence-corrected chi connectivity index (χ0v) is 17.1. The maximum Gasteiger partial charge on any atom is 0.325 e. The zero-order valence-electron chi connectivity index (χ0n) is 17.1. The highest BCUT2D eigenvalue weighted by Gasteiger charge is 2.56. The fraction of sp³-hybridized carbons (Fsp3) is 0.850. The number of nitrogens with one attached hydrogen (secondary N) is 1. The molecule has 0 radical (unpaired) electrons. The molecule has 2 saturated heterocycles. The maximum atomic E-state index is 13.2. The zero-order chi connectivity index (χ0) is 20.0. The van der Waals surface area contributed by atoms with Crippen LogP contribution in [0.25, 0.3) is 0 Å². The first-order valence-electron chi connectivity index (χ1n) is 10.2. The van der Waals surface area contributed by atoms with E-state index in [1.807, 2.05) is 0 Å². The van der Waals surface area contributed by atoms with E-state index in [1.54, 1.807) is 4.90 Å². The van der Waals surface area contributed by atoms with E-state index in [0.717, 1.165) is 24.2 Å². The lowest BCUT2D eigenvalue weighted by Gasteiger charge is -2.44. The molecule has 152 valence electrons. The van der Waals surface area contributed by atoms with Crippen LogP contribution in [0.1, 0.15) is 59.8 Å². The monoisotopic (exact) mass is 378 g/mol. The Balaban J connectivity index is 1.73. The molecule has 3 aliphatic rings. The Morgan fingerprint density at radius 1 is 1.22 bits per heavy atom. The Labute approximate surface area is 162 Å². The lowest BCUT2D eigenvalue weighted by molar-refractivity contribution is -0.142. The Morgan fingerprint density at radius 2 is 1.93 bits per heavy atom. The summed E-state index contributed by atoms with van der Waals surface area (Å²) in [6.07, 6.45) is 4.08. The van der Waals surface area contributed by atoms with Crippen molar-refractivity contribution >= 4 is 17.8 Å². The maximum absolute atomic E-state index is 13.2. The van der Waals surface area contributed by atoms with Crippen LogP contribution in [-0.4, -0.2) is 58.9 Å². The fourth-order valence-electron chi connectivity index (χ4n) is 5.68. The average Bonchev–Trinajstić information content (AvgIpc) is 2.76. The summed E-state index contributed by atoms with van der Waals surface area (Å²) >= 11 is 0. The van der Waals surface area contributed by atoms with Gasteiger partial charge in [-0.25, -0.2) is 4.79 Å². The van der Waals surface area contributed by atoms with E-state index < -0.39 is 11.6 Å². The van der Waals surface area contributed by atoms with Gasteiger partial charge in [-0.2, -0.15) is 0 Å². The minimum Gasteiger partial charge on any atom is -0.337 e. The standard InChI is InChI=1S/C20H34N4O3/c1-13-5-6-23(15(7-13)10-21)16(25)11-24-17(26)20(22-18(24)27)9-14(2)8-19(3,4)12-20/h13-15H,5-12,21H2,1-4H3,(H,22,27). The Morgan fingerprint density at radius 3 is 2.56 bits per heavy atom. The lowest BCUT2D eigenvalue weighted by atomic mass is 9.64. The third-order valence-corrected chi connectivity index (χ3v) is 6.49. The number of hydrogen-bond donors (Lipinski definition) is 2. The number of carbonyl (C=O) groups is 3. The van der Waals surface area contributed by atoms with E-state index in [-0.39, 0.29) is 29.8 Å². The van der Waals surface area contributed by atoms with Crippen LogP contribution in [0.3, 0.4) is 0 Å². The number of nitrogens with zero attached hydrogens (tertiary/aromatic N) is 2. The van der Waals surface area contributed by atoms with Crippen LogP contribution in [0.4, 0.5) is 4.79 Å². The Hall–Kier alpha value is -1.63. The molecule has 27 heavy (non-hydrogen) atoms. The number of amides is 4. The van der Waals surface area contributed by atoms with Gasteiger partial charge in [0.2, 0.25) is 5.91 Å². The minimum atomic E-state index is -0.859. The molecular formula is C20H34N4O3. The number of rotatable bonds is 3. The van der Waals surface area contributed by atoms with E-state index in [4.69, 9.17) is 5.73 Å². The summed E-state index contributed by atoms with van der Waals surface area (Å²) in [5.41, 5.74) is 4.98. The number of hydrogen-bond acceptors (Lipinski definition) is 4. The molecule has 2 aliphatic heterocycles. The molecule has 0 aromatic rings. The SMILES string of the molecule is CC1CCN(C(=O)CN2C(=O)NC3(CC(C)CC(C)(C)C3)C2=O)C(CN)C1. The molecular weight excluding hydrogens is 344 g/mol. The molecule has 4 amide bonds. The molecule has 7 nitrogen and oxygen atoms in total. The molecule has 0 bridgehead atoms. The molecule has 2 heterocycles. The first kappa shape index (κ1) is 20.1. The summed E-state index contributed by atoms with van der Waals surface area (Å²) in [7, 11) is 0. The summed E-state index contributed by atoms with van der Waals surface area (Å²) in [5.74, 6) is 0.462. The van der Waals surface area contributed by atoms with Gasteiger partial charge in [-0.05, 0) is 49.4 Å². The van der Waals surface area contributed by atoms with Gasteiger partial charge in [0.25, 0.3) is 5.91 Å². The second kappa shape index (κ2) is 7.08. The quantitative estimate of drug-likeness (QED) is 0.731. The second-order valence-corrected chi connectivity index (χ2v) is 9.86. The van der Waals surface area contributed by atoms with E-state index in [0.29, 0.717) is 37.8 Å². The topological polar surface area (TPSA) is 95.7 Å². The van der Waals surface area contributed by atoms with E-state index in [2.05, 4.69) is 33.0 Å². The van der Waals surface area contributed by atoms with Crippen LogP contribution < -0.4 is 11.1 Å². The van der Waals surface area contributed by atoms with Crippen molar-refractivity contribution in [2.75, 3.05) is 19.6 Å². The fourth-order valence-corrected chi connectivity index (χ4v) is 5.68. The van der Waals surface area contributed by atoms with Crippen molar-refractivity contribution in [1.82, 2.24) is 15.1 Å². The molecule has 7 heteroatoms. The number of carbonyl (C=O) groups excluding carboxylic acids is 3. The highest BCUT2D eigenvalue weighted by molar-refractivity contribution is 6.09. The van der Waals surface area contributed by atoms with Gasteiger partial charge < -0.3 is 16.0 Å². The normalized spacial score (nSPS) is 36.3. The third-order valence-electron chi connectivity index (χ3n) is 6.49. The van der Waals surface area contributed by atoms with Crippen LogP contribution in [0, 0.1) is 17.3 Å². The predicted molar refractivity (Wildman–Crippen MR) is 103 cm³/mol. The van der Waals surface area contributed by atoms with Gasteiger partial charge in [0, 0.05) is 19.1 Å². The van der Waals surface area contributed by atoms with Crippen molar-refractivity contribution in [2.45, 2.75) is 71.4 Å². The van der Waals surface area contributed by atoms with E-state index in [1.165, 1.54) is 0 Å². The Kier molecular flexibility index (Phi) is 5.27. The van der Waals surface area contributed by atoms with E-state index >= 15 is 0 Å². The largest absolute Gasteiger partial charge is 0.337 e. The molecule has 1 aliphatic carbocycles. The number of imide groups is 1. The van der Waals surface area contributed by atoms with Crippen molar-refractivity contribution in [1.29, 1.82) is 0 Å². The molecule has 3 N–H and O–H groups in total. The van der Waals surface area contributed by atoms with Crippen molar-refractivity contribution in [3.63, 3.8) is 0 Å². The number of piperidine rings is 1. The molecule has 0 aromatic carbocycles. The van der Waals surface area contributed by atoms with Gasteiger partial charge >= 0.3 is 6.03 Å². The van der Waals surface area contributed by atoms with Crippen LogP contribution in [0.15, 0.2) is 0 Å². The van der Waals surface area contributed by atoms with Crippen molar-refractivity contribution in [3.05, 3.63) is 0 Å². The average molecular weight is 379 g/mol.